The summed E-state index contributed by atoms with van der Waals surface area (Å²) in [5.41, 5.74) is 5.12. The van der Waals surface area contributed by atoms with Crippen LogP contribution in [0.25, 0.3) is 0 Å². The Labute approximate surface area is 55.4 Å². The Morgan fingerprint density at radius 1 is 1.56 bits per heavy atom. The molecule has 0 spiro atoms. The molecule has 0 unspecified atom stereocenters. The van der Waals surface area contributed by atoms with Gasteiger partial charge in [-0.05, 0) is 25.2 Å². The number of carbonyl (C=O) groups is 1. The normalized spacial score (nSPS) is 34.8. The molecule has 9 heavy (non-hydrogen) atoms. The van der Waals surface area contributed by atoms with E-state index in [9.17, 15) is 4.79 Å². The van der Waals surface area contributed by atoms with Crippen LogP contribution in [0.15, 0.2) is 0 Å². The lowest BCUT2D eigenvalue weighted by Crippen LogP contribution is -2.20. The number of primary amides is 1. The van der Waals surface area contributed by atoms with E-state index in [0.717, 1.165) is 12.8 Å². The maximum Gasteiger partial charge on any atom is 0.220 e. The summed E-state index contributed by atoms with van der Waals surface area (Å²) in [6, 6.07) is 0. The molecule has 1 aliphatic rings. The largest absolute Gasteiger partial charge is 0.369 e. The summed E-state index contributed by atoms with van der Waals surface area (Å²) >= 11 is 0. The Kier molecular flexibility index (Phi) is 1.74. The minimum absolute atomic E-state index is 0.112. The van der Waals surface area contributed by atoms with Crippen molar-refractivity contribution < 1.29 is 4.79 Å². The van der Waals surface area contributed by atoms with Gasteiger partial charge in [-0.3, -0.25) is 4.79 Å². The Hall–Kier alpha value is -0.530. The molecule has 52 valence electrons. The Bertz CT molecular complexity index is 122. The highest BCUT2D eigenvalue weighted by atomic mass is 16.1. The first-order valence-electron chi connectivity index (χ1n) is 3.49. The molecule has 0 saturated heterocycles. The van der Waals surface area contributed by atoms with Crippen LogP contribution in [0.4, 0.5) is 0 Å². The molecule has 0 aromatic heterocycles. The number of hydrogen-bond acceptors (Lipinski definition) is 1. The minimum atomic E-state index is -0.112. The van der Waals surface area contributed by atoms with Gasteiger partial charge in [0.15, 0.2) is 0 Å². The fourth-order valence-corrected chi connectivity index (χ4v) is 1.47. The van der Waals surface area contributed by atoms with E-state index in [1.807, 2.05) is 0 Å². The SMILES string of the molecule is C[C@@H]1CC[C@@H](C(N)=O)C1. The van der Waals surface area contributed by atoms with Crippen LogP contribution in [-0.4, -0.2) is 5.91 Å². The average molecular weight is 127 g/mol. The molecule has 2 nitrogen and oxygen atoms in total. The van der Waals surface area contributed by atoms with Crippen LogP contribution < -0.4 is 5.73 Å². The lowest BCUT2D eigenvalue weighted by molar-refractivity contribution is -0.121. The Morgan fingerprint density at radius 3 is 2.44 bits per heavy atom. The summed E-state index contributed by atoms with van der Waals surface area (Å²) in [7, 11) is 0. The molecule has 1 amide bonds. The third-order valence-electron chi connectivity index (χ3n) is 2.10. The van der Waals surface area contributed by atoms with Gasteiger partial charge in [0, 0.05) is 5.92 Å². The molecule has 2 N–H and O–H groups in total. The smallest absolute Gasteiger partial charge is 0.220 e. The van der Waals surface area contributed by atoms with Gasteiger partial charge in [0.05, 0.1) is 0 Å². The Morgan fingerprint density at radius 2 is 2.22 bits per heavy atom. The molecule has 0 bridgehead atoms. The molecular formula is C7H13NO. The number of rotatable bonds is 1. The summed E-state index contributed by atoms with van der Waals surface area (Å²) in [6.45, 7) is 2.17. The first kappa shape index (κ1) is 6.59. The van der Waals surface area contributed by atoms with Crippen molar-refractivity contribution in [2.75, 3.05) is 0 Å². The molecule has 1 saturated carbocycles. The fraction of sp³-hybridized carbons (Fsp3) is 0.857. The van der Waals surface area contributed by atoms with Gasteiger partial charge >= 0.3 is 0 Å². The third kappa shape index (κ3) is 1.44. The van der Waals surface area contributed by atoms with Gasteiger partial charge < -0.3 is 5.73 Å². The van der Waals surface area contributed by atoms with E-state index in [-0.39, 0.29) is 11.8 Å². The minimum Gasteiger partial charge on any atom is -0.369 e. The highest BCUT2D eigenvalue weighted by molar-refractivity contribution is 5.76. The number of nitrogens with two attached hydrogens (primary N) is 1. The monoisotopic (exact) mass is 127 g/mol. The van der Waals surface area contributed by atoms with Crippen LogP contribution in [0, 0.1) is 11.8 Å². The second kappa shape index (κ2) is 2.38. The molecular weight excluding hydrogens is 114 g/mol. The summed E-state index contributed by atoms with van der Waals surface area (Å²) < 4.78 is 0. The summed E-state index contributed by atoms with van der Waals surface area (Å²) in [5, 5.41) is 0. The van der Waals surface area contributed by atoms with Crippen molar-refractivity contribution in [3.8, 4) is 0 Å². The van der Waals surface area contributed by atoms with E-state index in [4.69, 9.17) is 5.73 Å². The van der Waals surface area contributed by atoms with Gasteiger partial charge in [0.1, 0.15) is 0 Å². The van der Waals surface area contributed by atoms with Crippen molar-refractivity contribution in [2.45, 2.75) is 26.2 Å². The topological polar surface area (TPSA) is 43.1 Å². The number of carbonyl (C=O) groups excluding carboxylic acids is 1. The molecule has 0 aromatic carbocycles. The lowest BCUT2D eigenvalue weighted by Gasteiger charge is -2.01. The van der Waals surface area contributed by atoms with E-state index in [0.29, 0.717) is 5.92 Å². The lowest BCUT2D eigenvalue weighted by atomic mass is 10.1. The van der Waals surface area contributed by atoms with Crippen LogP contribution >= 0.6 is 0 Å². The van der Waals surface area contributed by atoms with Gasteiger partial charge in [-0.15, -0.1) is 0 Å². The second-order valence-corrected chi connectivity index (χ2v) is 3.02. The maximum atomic E-state index is 10.6. The van der Waals surface area contributed by atoms with Crippen LogP contribution in [0.3, 0.4) is 0 Å². The highest BCUT2D eigenvalue weighted by Gasteiger charge is 2.24. The predicted molar refractivity (Wildman–Crippen MR) is 35.7 cm³/mol. The van der Waals surface area contributed by atoms with Gasteiger partial charge in [0.2, 0.25) is 5.91 Å². The maximum absolute atomic E-state index is 10.6. The summed E-state index contributed by atoms with van der Waals surface area (Å²) in [4.78, 5) is 10.6. The zero-order valence-corrected chi connectivity index (χ0v) is 5.76. The van der Waals surface area contributed by atoms with E-state index in [1.54, 1.807) is 0 Å². The van der Waals surface area contributed by atoms with Crippen molar-refractivity contribution >= 4 is 5.91 Å². The van der Waals surface area contributed by atoms with Crippen molar-refractivity contribution in [3.63, 3.8) is 0 Å². The van der Waals surface area contributed by atoms with Crippen molar-refractivity contribution in [1.29, 1.82) is 0 Å². The molecule has 0 aromatic rings. The Balaban J connectivity index is 2.39. The van der Waals surface area contributed by atoms with Crippen molar-refractivity contribution in [3.05, 3.63) is 0 Å². The zero-order chi connectivity index (χ0) is 6.85. The molecule has 1 rings (SSSR count). The molecule has 0 radical (unpaired) electrons. The van der Waals surface area contributed by atoms with E-state index < -0.39 is 0 Å². The van der Waals surface area contributed by atoms with Gasteiger partial charge in [-0.25, -0.2) is 0 Å². The highest BCUT2D eigenvalue weighted by Crippen LogP contribution is 2.29. The van der Waals surface area contributed by atoms with Crippen molar-refractivity contribution in [1.82, 2.24) is 0 Å². The summed E-state index contributed by atoms with van der Waals surface area (Å²) in [6.07, 6.45) is 3.19. The quantitative estimate of drug-likeness (QED) is 0.559. The predicted octanol–water partition coefficient (Wildman–Crippen LogP) is 0.908. The third-order valence-corrected chi connectivity index (χ3v) is 2.10. The van der Waals surface area contributed by atoms with Crippen molar-refractivity contribution in [2.24, 2.45) is 17.6 Å². The standard InChI is InChI=1S/C7H13NO/c1-5-2-3-6(4-5)7(8)9/h5-6H,2-4H2,1H3,(H2,8,9)/t5-,6-/m1/s1. The van der Waals surface area contributed by atoms with Crippen LogP contribution in [0.1, 0.15) is 26.2 Å². The average Bonchev–Trinajstić information content (AvgIpc) is 2.14. The van der Waals surface area contributed by atoms with E-state index >= 15 is 0 Å². The fourth-order valence-electron chi connectivity index (χ4n) is 1.47. The van der Waals surface area contributed by atoms with Crippen LogP contribution in [0.2, 0.25) is 0 Å². The molecule has 0 aliphatic heterocycles. The van der Waals surface area contributed by atoms with E-state index in [2.05, 4.69) is 6.92 Å². The van der Waals surface area contributed by atoms with Gasteiger partial charge in [0.25, 0.3) is 0 Å². The number of amides is 1. The molecule has 1 aliphatic carbocycles. The van der Waals surface area contributed by atoms with E-state index in [1.165, 1.54) is 6.42 Å². The van der Waals surface area contributed by atoms with Crippen LogP contribution in [0.5, 0.6) is 0 Å². The summed E-state index contributed by atoms with van der Waals surface area (Å²) in [5.74, 6) is 0.779. The molecule has 1 fully saturated rings. The first-order valence-corrected chi connectivity index (χ1v) is 3.49. The first-order chi connectivity index (χ1) is 4.20. The molecule has 2 heteroatoms. The molecule has 0 heterocycles. The zero-order valence-electron chi connectivity index (χ0n) is 5.76. The number of hydrogen-bond donors (Lipinski definition) is 1. The second-order valence-electron chi connectivity index (χ2n) is 3.02. The van der Waals surface area contributed by atoms with Crippen LogP contribution in [-0.2, 0) is 4.79 Å². The van der Waals surface area contributed by atoms with Gasteiger partial charge in [-0.2, -0.15) is 0 Å². The molecule has 2 atom stereocenters. The van der Waals surface area contributed by atoms with Gasteiger partial charge in [-0.1, -0.05) is 6.92 Å².